The fourth-order valence-corrected chi connectivity index (χ4v) is 0.463. The number of halogens is 1. The minimum absolute atomic E-state index is 0. The van der Waals surface area contributed by atoms with Gasteiger partial charge in [0, 0.05) is 0 Å². The first-order valence-electron chi connectivity index (χ1n) is 2.30. The molecule has 0 atom stereocenters. The Kier molecular flexibility index (Phi) is 9.12. The Labute approximate surface area is 90.2 Å². The van der Waals surface area contributed by atoms with Crippen LogP contribution in [0, 0.1) is 17.4 Å². The van der Waals surface area contributed by atoms with Gasteiger partial charge in [-0.3, -0.25) is 5.26 Å². The van der Waals surface area contributed by atoms with E-state index < -0.39 is 0 Å². The molecule has 46 valence electrons. The monoisotopic (exact) mass is 293 g/mol. The van der Waals surface area contributed by atoms with Crippen LogP contribution in [0.15, 0.2) is 24.3 Å². The van der Waals surface area contributed by atoms with E-state index in [0.717, 1.165) is 0 Å². The molecule has 0 spiro atoms. The van der Waals surface area contributed by atoms with Crippen molar-refractivity contribution in [3.05, 3.63) is 35.9 Å². The van der Waals surface area contributed by atoms with Crippen LogP contribution >= 0.6 is 0 Å². The molecule has 0 aliphatic heterocycles. The number of hydrogen-bond acceptors (Lipinski definition) is 1. The van der Waals surface area contributed by atoms with E-state index in [1.54, 1.807) is 12.1 Å². The maximum atomic E-state index is 8.26. The Morgan fingerprint density at radius 2 is 2.10 bits per heavy atom. The van der Waals surface area contributed by atoms with Gasteiger partial charge < -0.3 is 24.0 Å². The van der Waals surface area contributed by atoms with Crippen LogP contribution in [0.25, 0.3) is 0 Å². The van der Waals surface area contributed by atoms with Gasteiger partial charge in [-0.15, -0.1) is 30.3 Å². The maximum Gasteiger partial charge on any atom is 2.00 e. The smallest absolute Gasteiger partial charge is 1.00 e. The van der Waals surface area contributed by atoms with Crippen LogP contribution in [0.4, 0.5) is 0 Å². The zero-order chi connectivity index (χ0) is 5.82. The van der Waals surface area contributed by atoms with Crippen LogP contribution in [0.5, 0.6) is 0 Å². The van der Waals surface area contributed by atoms with Gasteiger partial charge in [-0.25, -0.2) is 0 Å². The zero-order valence-electron chi connectivity index (χ0n) is 5.34. The van der Waals surface area contributed by atoms with E-state index in [1.165, 1.54) is 0 Å². The first-order chi connectivity index (χ1) is 3.93. The number of rotatable bonds is 0. The second kappa shape index (κ2) is 7.17. The van der Waals surface area contributed by atoms with Gasteiger partial charge >= 0.3 is 19.5 Å². The van der Waals surface area contributed by atoms with Gasteiger partial charge in [0.15, 0.2) is 0 Å². The minimum Gasteiger partial charge on any atom is -1.00 e. The van der Waals surface area contributed by atoms with Crippen molar-refractivity contribution < 1.29 is 43.5 Å². The largest absolute Gasteiger partial charge is 2.00 e. The zero-order valence-corrected chi connectivity index (χ0v) is 10.5. The summed E-state index contributed by atoms with van der Waals surface area (Å²) in [4.78, 5) is 0. The summed E-state index contributed by atoms with van der Waals surface area (Å²) in [5.74, 6) is 0. The van der Waals surface area contributed by atoms with Crippen LogP contribution in [0.1, 0.15) is 5.56 Å². The van der Waals surface area contributed by atoms with Crippen molar-refractivity contribution in [2.45, 2.75) is 0 Å². The fraction of sp³-hybridized carbons (Fsp3) is 0. The molecule has 10 heavy (non-hydrogen) atoms. The molecular weight excluding hydrogens is 290 g/mol. The molecule has 0 fully saturated rings. The number of nitrogens with zero attached hydrogens (tertiary/aromatic N) is 1. The minimum atomic E-state index is 0. The molecule has 3 heteroatoms. The third-order valence-corrected chi connectivity index (χ3v) is 0.830. The van der Waals surface area contributed by atoms with Crippen molar-refractivity contribution in [1.82, 2.24) is 0 Å². The van der Waals surface area contributed by atoms with Crippen LogP contribution < -0.4 is 24.0 Å². The predicted molar refractivity (Wildman–Crippen MR) is 30.0 cm³/mol. The molecule has 1 aromatic rings. The second-order valence-corrected chi connectivity index (χ2v) is 1.39. The summed E-state index contributed by atoms with van der Waals surface area (Å²) in [6, 6.07) is 11.8. The average molecular weight is 294 g/mol. The molecule has 0 unspecified atom stereocenters. The summed E-state index contributed by atoms with van der Waals surface area (Å²) in [5.41, 5.74) is 0.590. The average Bonchev–Trinajstić information content (AvgIpc) is 1.90. The number of nitriles is 1. The van der Waals surface area contributed by atoms with Crippen molar-refractivity contribution in [3.63, 3.8) is 0 Å². The Hall–Kier alpha value is 0.0634. The normalized spacial score (nSPS) is 6.30. The molecule has 0 N–H and O–H groups in total. The molecule has 1 aromatic carbocycles. The fourth-order valence-electron chi connectivity index (χ4n) is 0.463. The van der Waals surface area contributed by atoms with Gasteiger partial charge in [-0.1, -0.05) is 5.56 Å². The van der Waals surface area contributed by atoms with Crippen LogP contribution in [0.3, 0.4) is 0 Å². The summed E-state index contributed by atoms with van der Waals surface area (Å²) < 4.78 is 0. The van der Waals surface area contributed by atoms with Crippen LogP contribution in [-0.4, -0.2) is 0 Å². The van der Waals surface area contributed by atoms with E-state index in [9.17, 15) is 0 Å². The van der Waals surface area contributed by atoms with E-state index in [-0.39, 0.29) is 43.5 Å². The van der Waals surface area contributed by atoms with Gasteiger partial charge in [-0.2, -0.15) is 0 Å². The quantitative estimate of drug-likeness (QED) is 0.320. The summed E-state index contributed by atoms with van der Waals surface area (Å²) in [6.45, 7) is 0. The standard InChI is InChI=1S/C7H4N.HI.Zn/c8-6-7-4-2-1-3-5-7;;/h1-4H;1H;/q-1;;+2/p-1. The van der Waals surface area contributed by atoms with E-state index in [2.05, 4.69) is 6.07 Å². The van der Waals surface area contributed by atoms with Crippen molar-refractivity contribution in [2.75, 3.05) is 0 Å². The van der Waals surface area contributed by atoms with Crippen molar-refractivity contribution in [1.29, 1.82) is 5.26 Å². The van der Waals surface area contributed by atoms with Crippen molar-refractivity contribution >= 4 is 0 Å². The first-order valence-corrected chi connectivity index (χ1v) is 2.30. The van der Waals surface area contributed by atoms with Crippen LogP contribution in [-0.2, 0) is 19.5 Å². The van der Waals surface area contributed by atoms with Crippen LogP contribution in [0.2, 0.25) is 0 Å². The topological polar surface area (TPSA) is 23.8 Å². The summed E-state index contributed by atoms with van der Waals surface area (Å²) >= 11 is 0. The van der Waals surface area contributed by atoms with Crippen molar-refractivity contribution in [3.8, 4) is 6.07 Å². The molecule has 0 aromatic heterocycles. The molecule has 1 nitrogen and oxygen atoms in total. The predicted octanol–water partition coefficient (Wildman–Crippen LogP) is -1.64. The summed E-state index contributed by atoms with van der Waals surface area (Å²) in [5, 5.41) is 8.26. The van der Waals surface area contributed by atoms with Gasteiger partial charge in [0.05, 0.1) is 0 Å². The molecule has 0 aliphatic carbocycles. The molecule has 0 bridgehead atoms. The Balaban J connectivity index is 0. The Bertz CT molecular complexity index is 205. The third kappa shape index (κ3) is 3.97. The SMILES string of the molecule is N#Cc1[c-]cccc1.[I-].[Zn+2]. The molecule has 1 rings (SSSR count). The number of hydrogen-bond donors (Lipinski definition) is 0. The second-order valence-electron chi connectivity index (χ2n) is 1.39. The van der Waals surface area contributed by atoms with E-state index in [4.69, 9.17) is 5.26 Å². The van der Waals surface area contributed by atoms with Crippen molar-refractivity contribution in [2.24, 2.45) is 0 Å². The van der Waals surface area contributed by atoms with E-state index in [0.29, 0.717) is 5.56 Å². The Morgan fingerprint density at radius 3 is 2.40 bits per heavy atom. The first kappa shape index (κ1) is 12.7. The summed E-state index contributed by atoms with van der Waals surface area (Å²) in [7, 11) is 0. The molecule has 0 heterocycles. The third-order valence-electron chi connectivity index (χ3n) is 0.830. The Morgan fingerprint density at radius 1 is 1.40 bits per heavy atom. The molecule has 0 saturated carbocycles. The van der Waals surface area contributed by atoms with Gasteiger partial charge in [-0.05, 0) is 6.07 Å². The molecular formula is C7H4INZn. The summed E-state index contributed by atoms with van der Waals surface area (Å²) in [6.07, 6.45) is 0. The molecule has 0 aliphatic rings. The van der Waals surface area contributed by atoms with Gasteiger partial charge in [0.25, 0.3) is 0 Å². The molecule has 0 saturated heterocycles. The van der Waals surface area contributed by atoms with Gasteiger partial charge in [0.2, 0.25) is 0 Å². The van der Waals surface area contributed by atoms with E-state index >= 15 is 0 Å². The molecule has 0 amide bonds. The van der Waals surface area contributed by atoms with Gasteiger partial charge in [0.1, 0.15) is 0 Å². The molecule has 0 radical (unpaired) electrons. The maximum absolute atomic E-state index is 8.26. The number of benzene rings is 1. The van der Waals surface area contributed by atoms with E-state index in [1.807, 2.05) is 18.2 Å².